The van der Waals surface area contributed by atoms with Gasteiger partial charge in [0.05, 0.1) is 25.2 Å². The number of methoxy groups -OCH3 is 1. The predicted octanol–water partition coefficient (Wildman–Crippen LogP) is 4.97. The Balaban J connectivity index is 1.69. The maximum absolute atomic E-state index is 13.3. The van der Waals surface area contributed by atoms with Gasteiger partial charge in [0.15, 0.2) is 0 Å². The highest BCUT2D eigenvalue weighted by molar-refractivity contribution is 6.30. The van der Waals surface area contributed by atoms with Crippen LogP contribution in [0.5, 0.6) is 5.75 Å². The monoisotopic (exact) mass is 485 g/mol. The average Bonchev–Trinajstić information content (AvgIpc) is 3.27. The van der Waals surface area contributed by atoms with Gasteiger partial charge in [-0.25, -0.2) is 4.98 Å². The van der Waals surface area contributed by atoms with Gasteiger partial charge in [0.25, 0.3) is 5.91 Å². The molecular weight excluding hydrogens is 465 g/mol. The molecule has 0 aliphatic carbocycles. The maximum atomic E-state index is 13.3. The van der Waals surface area contributed by atoms with Crippen molar-refractivity contribution in [3.8, 4) is 5.75 Å². The Labute approximate surface area is 200 Å². The van der Waals surface area contributed by atoms with E-state index in [2.05, 4.69) is 4.98 Å². The third-order valence-corrected chi connectivity index (χ3v) is 6.15. The lowest BCUT2D eigenvalue weighted by Crippen LogP contribution is -2.15. The molecule has 4 aromatic rings. The number of halogens is 2. The van der Waals surface area contributed by atoms with Gasteiger partial charge in [0, 0.05) is 28.7 Å². The van der Waals surface area contributed by atoms with E-state index in [9.17, 15) is 9.59 Å². The molecule has 4 rings (SSSR count). The number of carbonyl (C=O) groups is 2. The molecule has 0 aliphatic heterocycles. The highest BCUT2D eigenvalue weighted by atomic mass is 35.5. The molecule has 0 radical (unpaired) electrons. The number of fused-ring (bicyclic) bond motifs is 1. The van der Waals surface area contributed by atoms with Crippen molar-refractivity contribution in [2.75, 3.05) is 7.11 Å². The Hall–Kier alpha value is -3.29. The largest absolute Gasteiger partial charge is 0.497 e. The molecule has 0 saturated carbocycles. The van der Waals surface area contributed by atoms with Gasteiger partial charge in [0.2, 0.25) is 0 Å². The van der Waals surface area contributed by atoms with Crippen molar-refractivity contribution in [1.82, 2.24) is 14.1 Å². The Bertz CT molecular complexity index is 1360. The molecule has 0 unspecified atom stereocenters. The minimum Gasteiger partial charge on any atom is -0.497 e. The van der Waals surface area contributed by atoms with Crippen LogP contribution in [0.15, 0.2) is 48.7 Å². The molecule has 0 N–H and O–H groups in total. The molecule has 0 amide bonds. The Morgan fingerprint density at radius 1 is 1.09 bits per heavy atom. The van der Waals surface area contributed by atoms with Crippen molar-refractivity contribution in [3.05, 3.63) is 81.5 Å². The molecule has 0 aliphatic rings. The lowest BCUT2D eigenvalue weighted by Gasteiger charge is -2.08. The highest BCUT2D eigenvalue weighted by Crippen LogP contribution is 2.31. The zero-order valence-corrected chi connectivity index (χ0v) is 19.8. The molecule has 33 heavy (non-hydrogen) atoms. The maximum Gasteiger partial charge on any atom is 0.310 e. The van der Waals surface area contributed by atoms with Gasteiger partial charge < -0.3 is 14.0 Å². The van der Waals surface area contributed by atoms with Crippen molar-refractivity contribution < 1.29 is 19.1 Å². The number of carbonyl (C=O) groups excluding carboxylic acids is 2. The summed E-state index contributed by atoms with van der Waals surface area (Å²) in [5.41, 5.74) is 2.49. The van der Waals surface area contributed by atoms with E-state index in [1.165, 1.54) is 6.20 Å². The van der Waals surface area contributed by atoms with Gasteiger partial charge in [-0.3, -0.25) is 14.2 Å². The summed E-state index contributed by atoms with van der Waals surface area (Å²) in [7, 11) is 3.31. The second-order valence-corrected chi connectivity index (χ2v) is 8.31. The van der Waals surface area contributed by atoms with Gasteiger partial charge in [-0.05, 0) is 55.0 Å². The molecule has 9 heteroatoms. The van der Waals surface area contributed by atoms with Crippen LogP contribution in [0.1, 0.15) is 27.4 Å². The van der Waals surface area contributed by atoms with E-state index in [0.717, 1.165) is 5.39 Å². The fraction of sp³-hybridized carbons (Fsp3) is 0.208. The average molecular weight is 486 g/mol. The second-order valence-electron chi connectivity index (χ2n) is 7.49. The second kappa shape index (κ2) is 9.29. The summed E-state index contributed by atoms with van der Waals surface area (Å²) in [6.45, 7) is 1.80. The first kappa shape index (κ1) is 22.9. The molecule has 170 valence electrons. The number of esters is 1. The number of ether oxygens (including phenoxy) is 2. The Morgan fingerprint density at radius 3 is 2.45 bits per heavy atom. The lowest BCUT2D eigenvalue weighted by atomic mass is 10.1. The zero-order valence-electron chi connectivity index (χ0n) is 18.3. The summed E-state index contributed by atoms with van der Waals surface area (Å²) >= 11 is 12.0. The van der Waals surface area contributed by atoms with E-state index in [0.29, 0.717) is 44.1 Å². The number of rotatable bonds is 6. The molecule has 0 atom stereocenters. The van der Waals surface area contributed by atoms with Crippen LogP contribution in [0.2, 0.25) is 10.2 Å². The number of benzene rings is 2. The first-order valence-electron chi connectivity index (χ1n) is 10.1. The van der Waals surface area contributed by atoms with E-state index in [4.69, 9.17) is 32.7 Å². The third-order valence-electron chi connectivity index (χ3n) is 5.55. The fourth-order valence-electron chi connectivity index (χ4n) is 3.69. The standard InChI is InChI=1S/C24H21Cl2N3O4/c1-14-18(11-23(30)33-13-22-27-12-21(26)28(22)2)19-10-17(32-3)8-9-20(19)29(14)24(31)15-4-6-16(25)7-5-15/h4-10,12H,11,13H2,1-3H3. The van der Waals surface area contributed by atoms with Crippen LogP contribution in [0.4, 0.5) is 0 Å². The van der Waals surface area contributed by atoms with Gasteiger partial charge >= 0.3 is 5.97 Å². The normalized spacial score (nSPS) is 11.1. The topological polar surface area (TPSA) is 75.3 Å². The van der Waals surface area contributed by atoms with E-state index in [-0.39, 0.29) is 18.9 Å². The molecule has 2 aromatic heterocycles. The molecule has 0 spiro atoms. The summed E-state index contributed by atoms with van der Waals surface area (Å²) in [5.74, 6) is 0.489. The van der Waals surface area contributed by atoms with E-state index >= 15 is 0 Å². The van der Waals surface area contributed by atoms with Gasteiger partial charge in [-0.2, -0.15) is 0 Å². The first-order chi connectivity index (χ1) is 15.8. The molecule has 0 fully saturated rings. The summed E-state index contributed by atoms with van der Waals surface area (Å²) in [6.07, 6.45) is 1.48. The quantitative estimate of drug-likeness (QED) is 0.360. The Kier molecular flexibility index (Phi) is 6.44. The lowest BCUT2D eigenvalue weighted by molar-refractivity contribution is -0.144. The van der Waals surface area contributed by atoms with Crippen molar-refractivity contribution >= 4 is 46.0 Å². The highest BCUT2D eigenvalue weighted by Gasteiger charge is 2.22. The summed E-state index contributed by atoms with van der Waals surface area (Å²) < 4.78 is 14.0. The van der Waals surface area contributed by atoms with Gasteiger partial charge in [-0.1, -0.05) is 23.2 Å². The Morgan fingerprint density at radius 2 is 1.82 bits per heavy atom. The SMILES string of the molecule is COc1ccc2c(c1)c(CC(=O)OCc1ncc(Cl)n1C)c(C)n2C(=O)c1ccc(Cl)cc1. The van der Waals surface area contributed by atoms with E-state index in [1.54, 1.807) is 66.6 Å². The molecule has 0 bridgehead atoms. The molecule has 7 nitrogen and oxygen atoms in total. The van der Waals surface area contributed by atoms with Crippen LogP contribution in [0.3, 0.4) is 0 Å². The van der Waals surface area contributed by atoms with Crippen molar-refractivity contribution in [3.63, 3.8) is 0 Å². The van der Waals surface area contributed by atoms with Crippen molar-refractivity contribution in [1.29, 1.82) is 0 Å². The number of nitrogens with zero attached hydrogens (tertiary/aromatic N) is 3. The molecule has 0 saturated heterocycles. The number of hydrogen-bond acceptors (Lipinski definition) is 5. The van der Waals surface area contributed by atoms with Gasteiger partial charge in [-0.15, -0.1) is 0 Å². The van der Waals surface area contributed by atoms with Crippen LogP contribution >= 0.6 is 23.2 Å². The summed E-state index contributed by atoms with van der Waals surface area (Å²) in [4.78, 5) is 30.2. The molecular formula is C24H21Cl2N3O4. The van der Waals surface area contributed by atoms with Crippen LogP contribution < -0.4 is 4.74 Å². The number of imidazole rings is 1. The third kappa shape index (κ3) is 4.47. The van der Waals surface area contributed by atoms with Crippen molar-refractivity contribution in [2.45, 2.75) is 20.0 Å². The van der Waals surface area contributed by atoms with Crippen LogP contribution in [0, 0.1) is 6.92 Å². The molecule has 2 aromatic carbocycles. The fourth-order valence-corrected chi connectivity index (χ4v) is 3.97. The predicted molar refractivity (Wildman–Crippen MR) is 126 cm³/mol. The zero-order chi connectivity index (χ0) is 23.7. The summed E-state index contributed by atoms with van der Waals surface area (Å²) in [6, 6.07) is 12.1. The van der Waals surface area contributed by atoms with Gasteiger partial charge in [0.1, 0.15) is 23.3 Å². The van der Waals surface area contributed by atoms with Crippen LogP contribution in [-0.2, 0) is 29.6 Å². The van der Waals surface area contributed by atoms with E-state index in [1.807, 2.05) is 6.07 Å². The van der Waals surface area contributed by atoms with Crippen molar-refractivity contribution in [2.24, 2.45) is 7.05 Å². The smallest absolute Gasteiger partial charge is 0.310 e. The molecule has 2 heterocycles. The number of hydrogen-bond donors (Lipinski definition) is 0. The minimum absolute atomic E-state index is 0.00717. The van der Waals surface area contributed by atoms with Crippen LogP contribution in [0.25, 0.3) is 10.9 Å². The summed E-state index contributed by atoms with van der Waals surface area (Å²) in [5, 5.41) is 1.74. The number of aromatic nitrogens is 3. The first-order valence-corrected chi connectivity index (χ1v) is 10.9. The van der Waals surface area contributed by atoms with E-state index < -0.39 is 5.97 Å². The minimum atomic E-state index is -0.446. The van der Waals surface area contributed by atoms with Crippen LogP contribution in [-0.4, -0.2) is 33.1 Å².